The Morgan fingerprint density at radius 1 is 0.786 bits per heavy atom. The Morgan fingerprint density at radius 3 is 2.00 bits per heavy atom. The first-order valence-corrected chi connectivity index (χ1v) is 19.3. The van der Waals surface area contributed by atoms with E-state index in [0.29, 0.717) is 24.5 Å². The second-order valence-corrected chi connectivity index (χ2v) is 14.8. The lowest BCUT2D eigenvalue weighted by atomic mass is 9.92. The first-order chi connectivity index (χ1) is 26.8. The van der Waals surface area contributed by atoms with Gasteiger partial charge in [-0.15, -0.1) is 0 Å². The van der Waals surface area contributed by atoms with E-state index in [2.05, 4.69) is 10.2 Å². The Balaban J connectivity index is 1.26. The maximum Gasteiger partial charge on any atom is 0.303 e. The van der Waals surface area contributed by atoms with Crippen LogP contribution in [0.3, 0.4) is 0 Å². The van der Waals surface area contributed by atoms with Crippen molar-refractivity contribution in [3.63, 3.8) is 0 Å². The Hall–Kier alpha value is -4.03. The number of hydrogen-bond acceptors (Lipinski definition) is 15. The van der Waals surface area contributed by atoms with Gasteiger partial charge in [0, 0.05) is 65.2 Å². The van der Waals surface area contributed by atoms with E-state index in [4.69, 9.17) is 45.4 Å². The monoisotopic (exact) mass is 800 g/mol. The molecule has 0 aliphatic carbocycles. The maximum atomic E-state index is 12.2. The lowest BCUT2D eigenvalue weighted by Gasteiger charge is -2.44. The number of benzene rings is 2. The van der Waals surface area contributed by atoms with Crippen molar-refractivity contribution in [3.05, 3.63) is 70.8 Å². The highest BCUT2D eigenvalue weighted by molar-refractivity contribution is 7.80. The molecule has 3 aliphatic heterocycles. The van der Waals surface area contributed by atoms with Gasteiger partial charge in [0.05, 0.1) is 30.4 Å². The first-order valence-electron chi connectivity index (χ1n) is 18.8. The van der Waals surface area contributed by atoms with Crippen LogP contribution in [-0.4, -0.2) is 113 Å². The van der Waals surface area contributed by atoms with Gasteiger partial charge in [-0.3, -0.25) is 24.1 Å². The number of aliphatic hydroxyl groups is 2. The molecule has 3 N–H and O–H groups in total. The molecule has 0 bridgehead atoms. The molecule has 15 nitrogen and oxygen atoms in total. The van der Waals surface area contributed by atoms with Crippen LogP contribution >= 0.6 is 12.2 Å². The van der Waals surface area contributed by atoms with E-state index >= 15 is 0 Å². The zero-order valence-electron chi connectivity index (χ0n) is 32.1. The fourth-order valence-electron chi connectivity index (χ4n) is 7.37. The van der Waals surface area contributed by atoms with Gasteiger partial charge in [-0.25, -0.2) is 0 Å². The number of esters is 4. The predicted molar refractivity (Wildman–Crippen MR) is 203 cm³/mol. The van der Waals surface area contributed by atoms with Gasteiger partial charge < -0.3 is 48.7 Å². The van der Waals surface area contributed by atoms with E-state index in [1.165, 1.54) is 20.8 Å². The van der Waals surface area contributed by atoms with Crippen LogP contribution in [0.5, 0.6) is 0 Å². The zero-order valence-corrected chi connectivity index (χ0v) is 32.9. The molecule has 2 aromatic carbocycles. The van der Waals surface area contributed by atoms with Gasteiger partial charge in [0.25, 0.3) is 0 Å². The van der Waals surface area contributed by atoms with Crippen LogP contribution in [0.4, 0.5) is 0 Å². The van der Waals surface area contributed by atoms with Crippen molar-refractivity contribution in [1.29, 1.82) is 0 Å². The standard InChI is InChI=1S/C40H52N2O13S/c1-23(45)49-22-35-38(51-25(3)47)39(52-26(4)48)37(50-24(2)46)34(54-35)17-36(56)41-18-27-7-13-30(14-8-27)40-53-32(19-42-15-5-6-31(42)21-44)16-33(55-40)29-11-9-28(20-43)10-12-29/h7-14,31-35,37-40,43-44H,5-6,15-22H2,1-4H3,(H,41,56)/t31-,32-,33+,34-,35+,37-,38+,39+,40?/m0/s1. The molecule has 56 heavy (non-hydrogen) atoms. The summed E-state index contributed by atoms with van der Waals surface area (Å²) in [5.41, 5.74) is 3.53. The van der Waals surface area contributed by atoms with Crippen LogP contribution in [-0.2, 0) is 65.5 Å². The van der Waals surface area contributed by atoms with E-state index in [1.54, 1.807) is 0 Å². The molecular weight excluding hydrogens is 749 g/mol. The first kappa shape index (κ1) is 43.1. The average Bonchev–Trinajstić information content (AvgIpc) is 3.62. The highest BCUT2D eigenvalue weighted by Crippen LogP contribution is 2.39. The summed E-state index contributed by atoms with van der Waals surface area (Å²) < 4.78 is 40.9. The van der Waals surface area contributed by atoms with Crippen molar-refractivity contribution in [2.45, 2.75) is 122 Å². The van der Waals surface area contributed by atoms with Crippen molar-refractivity contribution in [1.82, 2.24) is 10.2 Å². The van der Waals surface area contributed by atoms with E-state index in [0.717, 1.165) is 48.6 Å². The third kappa shape index (κ3) is 12.0. The largest absolute Gasteiger partial charge is 0.463 e. The minimum Gasteiger partial charge on any atom is -0.463 e. The van der Waals surface area contributed by atoms with Gasteiger partial charge in [0.2, 0.25) is 0 Å². The summed E-state index contributed by atoms with van der Waals surface area (Å²) in [6.45, 7) is 6.39. The zero-order chi connectivity index (χ0) is 40.4. The van der Waals surface area contributed by atoms with Crippen LogP contribution in [0, 0.1) is 0 Å². The number of carbonyl (C=O) groups excluding carboxylic acids is 4. The quantitative estimate of drug-likeness (QED) is 0.135. The summed E-state index contributed by atoms with van der Waals surface area (Å²) in [5.74, 6) is -2.71. The SMILES string of the molecule is CC(=O)OC[C@H]1O[C@@H](CC(=S)NCc2ccc(C3O[C@H](CN4CCC[C@H]4CO)C[C@H](c4ccc(CO)cc4)O3)cc2)[C@H](OC(C)=O)[C@@H](OC(C)=O)[C@@H]1OC(C)=O. The maximum absolute atomic E-state index is 12.2. The van der Waals surface area contributed by atoms with E-state index < -0.39 is 60.7 Å². The number of nitrogens with zero attached hydrogens (tertiary/aromatic N) is 1. The number of ether oxygens (including phenoxy) is 7. The Kier molecular flexibility index (Phi) is 15.7. The molecule has 5 rings (SSSR count). The number of nitrogens with one attached hydrogen (secondary N) is 1. The summed E-state index contributed by atoms with van der Waals surface area (Å²) in [5, 5.41) is 22.7. The molecule has 0 amide bonds. The molecule has 3 aliphatic rings. The van der Waals surface area contributed by atoms with Gasteiger partial charge in [-0.1, -0.05) is 60.7 Å². The molecular formula is C40H52N2O13S. The number of aliphatic hydroxyl groups excluding tert-OH is 2. The minimum absolute atomic E-state index is 0.0203. The van der Waals surface area contributed by atoms with Crippen molar-refractivity contribution < 1.29 is 62.5 Å². The third-order valence-corrected chi connectivity index (χ3v) is 10.3. The minimum atomic E-state index is -1.27. The fraction of sp³-hybridized carbons (Fsp3) is 0.575. The predicted octanol–water partition coefficient (Wildman–Crippen LogP) is 3.11. The van der Waals surface area contributed by atoms with Gasteiger partial charge in [0.15, 0.2) is 24.6 Å². The van der Waals surface area contributed by atoms with Crippen LogP contribution in [0.2, 0.25) is 0 Å². The van der Waals surface area contributed by atoms with E-state index in [-0.39, 0.29) is 44.5 Å². The van der Waals surface area contributed by atoms with Crippen molar-refractivity contribution >= 4 is 41.1 Å². The molecule has 2 aromatic rings. The summed E-state index contributed by atoms with van der Waals surface area (Å²) in [7, 11) is 0. The summed E-state index contributed by atoms with van der Waals surface area (Å²) in [4.78, 5) is 50.7. The number of carbonyl (C=O) groups is 4. The molecule has 3 fully saturated rings. The number of likely N-dealkylation sites (tertiary alicyclic amines) is 1. The highest BCUT2D eigenvalue weighted by Gasteiger charge is 2.52. The van der Waals surface area contributed by atoms with Gasteiger partial charge in [-0.05, 0) is 36.1 Å². The molecule has 16 heteroatoms. The van der Waals surface area contributed by atoms with Crippen molar-refractivity contribution in [2.75, 3.05) is 26.3 Å². The van der Waals surface area contributed by atoms with Crippen LogP contribution in [0.1, 0.15) is 88.0 Å². The molecule has 0 radical (unpaired) electrons. The Labute approximate surface area is 331 Å². The smallest absolute Gasteiger partial charge is 0.303 e. The lowest BCUT2D eigenvalue weighted by molar-refractivity contribution is -0.253. The molecule has 0 spiro atoms. The molecule has 3 saturated heterocycles. The number of hydrogen-bond donors (Lipinski definition) is 3. The Bertz CT molecular complexity index is 1660. The normalized spacial score (nSPS) is 27.9. The molecule has 306 valence electrons. The van der Waals surface area contributed by atoms with E-state index in [9.17, 15) is 29.4 Å². The molecule has 1 unspecified atom stereocenters. The van der Waals surface area contributed by atoms with Crippen molar-refractivity contribution in [2.24, 2.45) is 0 Å². The Morgan fingerprint density at radius 2 is 1.39 bits per heavy atom. The van der Waals surface area contributed by atoms with Gasteiger partial charge >= 0.3 is 23.9 Å². The second kappa shape index (κ2) is 20.4. The molecule has 0 aromatic heterocycles. The molecule has 9 atom stereocenters. The number of rotatable bonds is 15. The summed E-state index contributed by atoms with van der Waals surface area (Å²) in [6, 6.07) is 15.6. The second-order valence-electron chi connectivity index (χ2n) is 14.3. The van der Waals surface area contributed by atoms with Crippen molar-refractivity contribution in [3.8, 4) is 0 Å². The van der Waals surface area contributed by atoms with Gasteiger partial charge in [0.1, 0.15) is 18.8 Å². The average molecular weight is 801 g/mol. The van der Waals surface area contributed by atoms with Crippen LogP contribution < -0.4 is 5.32 Å². The fourth-order valence-corrected chi connectivity index (χ4v) is 7.60. The third-order valence-electron chi connectivity index (χ3n) is 9.98. The summed E-state index contributed by atoms with van der Waals surface area (Å²) in [6.07, 6.45) is -4.12. The summed E-state index contributed by atoms with van der Waals surface area (Å²) >= 11 is 5.68. The molecule has 0 saturated carbocycles. The van der Waals surface area contributed by atoms with Crippen LogP contribution in [0.15, 0.2) is 48.5 Å². The lowest BCUT2D eigenvalue weighted by Crippen LogP contribution is -2.62. The topological polar surface area (TPSA) is 189 Å². The number of thiocarbonyl (C=S) groups is 1. The molecule has 3 heterocycles. The van der Waals surface area contributed by atoms with E-state index in [1.807, 2.05) is 48.5 Å². The highest BCUT2D eigenvalue weighted by atomic mass is 32.1. The van der Waals surface area contributed by atoms with Crippen LogP contribution in [0.25, 0.3) is 0 Å². The van der Waals surface area contributed by atoms with Gasteiger partial charge in [-0.2, -0.15) is 0 Å².